The van der Waals surface area contributed by atoms with Crippen molar-refractivity contribution < 1.29 is 4.79 Å². The van der Waals surface area contributed by atoms with Crippen molar-refractivity contribution in [1.82, 2.24) is 15.3 Å². The maximum Gasteiger partial charge on any atom is 0.270 e. The van der Waals surface area contributed by atoms with Crippen molar-refractivity contribution in [3.8, 4) is 0 Å². The number of amides is 1. The highest BCUT2D eigenvalue weighted by Gasteiger charge is 2.20. The Bertz CT molecular complexity index is 348. The van der Waals surface area contributed by atoms with Gasteiger partial charge in [0.25, 0.3) is 5.91 Å². The summed E-state index contributed by atoms with van der Waals surface area (Å²) in [5, 5.41) is 2.88. The van der Waals surface area contributed by atoms with Crippen molar-refractivity contribution in [1.29, 1.82) is 0 Å². The second-order valence-corrected chi connectivity index (χ2v) is 3.40. The fourth-order valence-corrected chi connectivity index (χ4v) is 1.31. The first-order chi connectivity index (χ1) is 6.75. The second-order valence-electron chi connectivity index (χ2n) is 3.40. The largest absolute Gasteiger partial charge is 0.368 e. The maximum atomic E-state index is 11.5. The first kappa shape index (κ1) is 8.93. The van der Waals surface area contributed by atoms with E-state index in [1.54, 1.807) is 6.07 Å². The smallest absolute Gasteiger partial charge is 0.270 e. The van der Waals surface area contributed by atoms with Crippen LogP contribution in [0.4, 0.5) is 5.95 Å². The molecule has 1 heterocycles. The first-order valence-electron chi connectivity index (χ1n) is 4.65. The van der Waals surface area contributed by atoms with Crippen LogP contribution < -0.4 is 11.1 Å². The van der Waals surface area contributed by atoms with E-state index in [2.05, 4.69) is 15.3 Å². The summed E-state index contributed by atoms with van der Waals surface area (Å²) in [5.74, 6) is -0.0324. The Balaban J connectivity index is 2.02. The lowest BCUT2D eigenvalue weighted by molar-refractivity contribution is 0.0912. The van der Waals surface area contributed by atoms with Crippen molar-refractivity contribution in [2.24, 2.45) is 0 Å². The number of carbonyl (C=O) groups is 1. The number of nitrogen functional groups attached to an aromatic ring is 1. The van der Waals surface area contributed by atoms with E-state index in [9.17, 15) is 4.79 Å². The molecule has 1 aromatic rings. The minimum Gasteiger partial charge on any atom is -0.368 e. The quantitative estimate of drug-likeness (QED) is 0.708. The molecule has 14 heavy (non-hydrogen) atoms. The fraction of sp³-hybridized carbons (Fsp3) is 0.444. The number of rotatable bonds is 2. The van der Waals surface area contributed by atoms with Gasteiger partial charge in [0, 0.05) is 12.2 Å². The van der Waals surface area contributed by atoms with Crippen LogP contribution >= 0.6 is 0 Å². The molecule has 1 aliphatic rings. The van der Waals surface area contributed by atoms with Gasteiger partial charge in [0.2, 0.25) is 5.95 Å². The minimum atomic E-state index is -0.163. The molecule has 5 heteroatoms. The summed E-state index contributed by atoms with van der Waals surface area (Å²) in [4.78, 5) is 19.1. The van der Waals surface area contributed by atoms with E-state index in [1.807, 2.05) is 0 Å². The molecule has 1 fully saturated rings. The molecule has 0 unspecified atom stereocenters. The minimum absolute atomic E-state index is 0.131. The van der Waals surface area contributed by atoms with E-state index in [-0.39, 0.29) is 11.9 Å². The molecule has 2 rings (SSSR count). The van der Waals surface area contributed by atoms with Crippen LogP contribution in [0.2, 0.25) is 0 Å². The van der Waals surface area contributed by atoms with Gasteiger partial charge in [0.15, 0.2) is 0 Å². The highest BCUT2D eigenvalue weighted by Crippen LogP contribution is 2.18. The third kappa shape index (κ3) is 1.81. The Morgan fingerprint density at radius 2 is 2.36 bits per heavy atom. The molecule has 0 atom stereocenters. The van der Waals surface area contributed by atoms with E-state index in [0.717, 1.165) is 12.8 Å². The molecule has 0 aliphatic heterocycles. The summed E-state index contributed by atoms with van der Waals surface area (Å²) < 4.78 is 0. The second kappa shape index (κ2) is 3.61. The molecular formula is C9H12N4O. The molecule has 1 amide bonds. The number of nitrogens with one attached hydrogen (secondary N) is 1. The van der Waals surface area contributed by atoms with Crippen molar-refractivity contribution >= 4 is 11.9 Å². The van der Waals surface area contributed by atoms with Gasteiger partial charge in [0.1, 0.15) is 5.69 Å². The van der Waals surface area contributed by atoms with E-state index in [4.69, 9.17) is 5.73 Å². The van der Waals surface area contributed by atoms with Gasteiger partial charge < -0.3 is 11.1 Å². The van der Waals surface area contributed by atoms with Crippen molar-refractivity contribution in [2.45, 2.75) is 25.3 Å². The molecular weight excluding hydrogens is 180 g/mol. The Morgan fingerprint density at radius 1 is 1.57 bits per heavy atom. The first-order valence-corrected chi connectivity index (χ1v) is 4.65. The van der Waals surface area contributed by atoms with Gasteiger partial charge in [-0.15, -0.1) is 0 Å². The monoisotopic (exact) mass is 192 g/mol. The predicted molar refractivity (Wildman–Crippen MR) is 51.5 cm³/mol. The summed E-state index contributed by atoms with van der Waals surface area (Å²) in [5.41, 5.74) is 5.71. The Labute approximate surface area is 81.7 Å². The molecule has 5 nitrogen and oxygen atoms in total. The van der Waals surface area contributed by atoms with Crippen molar-refractivity contribution in [3.05, 3.63) is 18.0 Å². The molecule has 0 bridgehead atoms. The van der Waals surface area contributed by atoms with Gasteiger partial charge in [-0.05, 0) is 25.3 Å². The lowest BCUT2D eigenvalue weighted by Crippen LogP contribution is -2.39. The van der Waals surface area contributed by atoms with Crippen LogP contribution in [0.25, 0.3) is 0 Å². The Morgan fingerprint density at radius 3 is 2.93 bits per heavy atom. The summed E-state index contributed by atoms with van der Waals surface area (Å²) in [7, 11) is 0. The van der Waals surface area contributed by atoms with Gasteiger partial charge in [-0.1, -0.05) is 0 Å². The topological polar surface area (TPSA) is 80.9 Å². The highest BCUT2D eigenvalue weighted by molar-refractivity contribution is 5.92. The summed E-state index contributed by atoms with van der Waals surface area (Å²) in [6.07, 6.45) is 4.80. The lowest BCUT2D eigenvalue weighted by Gasteiger charge is -2.26. The number of anilines is 1. The zero-order valence-corrected chi connectivity index (χ0v) is 7.73. The Kier molecular flexibility index (Phi) is 2.30. The third-order valence-corrected chi connectivity index (χ3v) is 2.35. The van der Waals surface area contributed by atoms with E-state index < -0.39 is 0 Å². The predicted octanol–water partition coefficient (Wildman–Crippen LogP) is 0.341. The summed E-state index contributed by atoms with van der Waals surface area (Å²) >= 11 is 0. The average molecular weight is 192 g/mol. The van der Waals surface area contributed by atoms with Crippen LogP contribution in [-0.4, -0.2) is 21.9 Å². The SMILES string of the molecule is Nc1nccc(C(=O)NC2CCC2)n1. The third-order valence-electron chi connectivity index (χ3n) is 2.35. The number of hydrogen-bond donors (Lipinski definition) is 2. The van der Waals surface area contributed by atoms with Gasteiger partial charge in [-0.2, -0.15) is 0 Å². The van der Waals surface area contributed by atoms with E-state index in [0.29, 0.717) is 11.7 Å². The standard InChI is InChI=1S/C9H12N4O/c10-9-11-5-4-7(13-9)8(14)12-6-2-1-3-6/h4-6H,1-3H2,(H,12,14)(H2,10,11,13). The van der Waals surface area contributed by atoms with Crippen LogP contribution in [0.3, 0.4) is 0 Å². The Hall–Kier alpha value is -1.65. The lowest BCUT2D eigenvalue weighted by atomic mass is 9.93. The zero-order chi connectivity index (χ0) is 9.97. The fourth-order valence-electron chi connectivity index (χ4n) is 1.31. The van der Waals surface area contributed by atoms with Crippen LogP contribution in [-0.2, 0) is 0 Å². The molecule has 3 N–H and O–H groups in total. The zero-order valence-electron chi connectivity index (χ0n) is 7.73. The van der Waals surface area contributed by atoms with Crippen molar-refractivity contribution in [2.75, 3.05) is 5.73 Å². The number of hydrogen-bond acceptors (Lipinski definition) is 4. The van der Waals surface area contributed by atoms with Gasteiger partial charge >= 0.3 is 0 Å². The number of aromatic nitrogens is 2. The van der Waals surface area contributed by atoms with Crippen LogP contribution in [0, 0.1) is 0 Å². The van der Waals surface area contributed by atoms with Gasteiger partial charge in [-0.25, -0.2) is 9.97 Å². The van der Waals surface area contributed by atoms with E-state index >= 15 is 0 Å². The van der Waals surface area contributed by atoms with Crippen LogP contribution in [0.15, 0.2) is 12.3 Å². The number of carbonyl (C=O) groups excluding carboxylic acids is 1. The average Bonchev–Trinajstić information content (AvgIpc) is 2.11. The van der Waals surface area contributed by atoms with Crippen LogP contribution in [0.5, 0.6) is 0 Å². The van der Waals surface area contributed by atoms with Crippen molar-refractivity contribution in [3.63, 3.8) is 0 Å². The van der Waals surface area contributed by atoms with Gasteiger partial charge in [0.05, 0.1) is 0 Å². The maximum absolute atomic E-state index is 11.5. The molecule has 1 aromatic heterocycles. The normalized spacial score (nSPS) is 16.0. The number of nitrogens with two attached hydrogens (primary N) is 1. The molecule has 1 aliphatic carbocycles. The van der Waals surface area contributed by atoms with E-state index in [1.165, 1.54) is 12.6 Å². The molecule has 74 valence electrons. The summed E-state index contributed by atoms with van der Waals surface area (Å²) in [6.45, 7) is 0. The van der Waals surface area contributed by atoms with Crippen LogP contribution in [0.1, 0.15) is 29.8 Å². The van der Waals surface area contributed by atoms with Gasteiger partial charge in [-0.3, -0.25) is 4.79 Å². The molecule has 1 saturated carbocycles. The highest BCUT2D eigenvalue weighted by atomic mass is 16.1. The molecule has 0 spiro atoms. The molecule has 0 saturated heterocycles. The number of nitrogens with zero attached hydrogens (tertiary/aromatic N) is 2. The molecule has 0 aromatic carbocycles. The summed E-state index contributed by atoms with van der Waals surface area (Å²) in [6, 6.07) is 1.88. The molecule has 0 radical (unpaired) electrons.